The molecular weight excluding hydrogens is 326 g/mol. The number of hydrogen-bond acceptors (Lipinski definition) is 6. The highest BCUT2D eigenvalue weighted by Gasteiger charge is 2.30. The highest BCUT2D eigenvalue weighted by Crippen LogP contribution is 2.30. The van der Waals surface area contributed by atoms with Crippen LogP contribution in [-0.4, -0.2) is 31.9 Å². The Labute approximate surface area is 142 Å². The third kappa shape index (κ3) is 2.85. The van der Waals surface area contributed by atoms with Gasteiger partial charge in [0.05, 0.1) is 31.0 Å². The molecule has 0 aliphatic carbocycles. The molecule has 0 unspecified atom stereocenters. The molecule has 3 amide bonds. The lowest BCUT2D eigenvalue weighted by Crippen LogP contribution is -2.21. The Balaban J connectivity index is 1.96. The van der Waals surface area contributed by atoms with Crippen LogP contribution >= 0.6 is 0 Å². The van der Waals surface area contributed by atoms with Gasteiger partial charge in [-0.3, -0.25) is 19.7 Å². The molecule has 1 heterocycles. The van der Waals surface area contributed by atoms with E-state index in [4.69, 9.17) is 15.2 Å². The summed E-state index contributed by atoms with van der Waals surface area (Å²) < 4.78 is 10.3. The van der Waals surface area contributed by atoms with Gasteiger partial charge in [0.25, 0.3) is 17.7 Å². The molecule has 0 atom stereocenters. The third-order valence-corrected chi connectivity index (χ3v) is 3.75. The number of nitrogen functional groups attached to an aromatic ring is 1. The van der Waals surface area contributed by atoms with Crippen LogP contribution in [0, 0.1) is 0 Å². The second kappa shape index (κ2) is 6.16. The Kier molecular flexibility index (Phi) is 4.02. The van der Waals surface area contributed by atoms with E-state index in [9.17, 15) is 14.4 Å². The molecule has 1 aliphatic heterocycles. The van der Waals surface area contributed by atoms with Crippen LogP contribution in [0.5, 0.6) is 11.5 Å². The summed E-state index contributed by atoms with van der Waals surface area (Å²) in [6.45, 7) is 0. The fourth-order valence-corrected chi connectivity index (χ4v) is 2.59. The van der Waals surface area contributed by atoms with Crippen molar-refractivity contribution in [2.75, 3.05) is 25.3 Å². The van der Waals surface area contributed by atoms with Gasteiger partial charge in [-0.15, -0.1) is 0 Å². The first-order valence-electron chi connectivity index (χ1n) is 7.27. The Morgan fingerprint density at radius 2 is 1.76 bits per heavy atom. The number of carbonyl (C=O) groups excluding carboxylic acids is 3. The van der Waals surface area contributed by atoms with Gasteiger partial charge in [-0.2, -0.15) is 0 Å². The van der Waals surface area contributed by atoms with Gasteiger partial charge >= 0.3 is 0 Å². The summed E-state index contributed by atoms with van der Waals surface area (Å²) >= 11 is 0. The lowest BCUT2D eigenvalue weighted by Gasteiger charge is -2.12. The highest BCUT2D eigenvalue weighted by atomic mass is 16.5. The number of imide groups is 1. The van der Waals surface area contributed by atoms with E-state index in [0.29, 0.717) is 17.1 Å². The lowest BCUT2D eigenvalue weighted by molar-refractivity contribution is 0.0879. The molecule has 2 aromatic carbocycles. The van der Waals surface area contributed by atoms with Crippen molar-refractivity contribution in [1.29, 1.82) is 0 Å². The van der Waals surface area contributed by atoms with Gasteiger partial charge in [-0.25, -0.2) is 0 Å². The van der Waals surface area contributed by atoms with Crippen LogP contribution < -0.4 is 25.8 Å². The van der Waals surface area contributed by atoms with Crippen LogP contribution in [0.2, 0.25) is 0 Å². The number of anilines is 2. The Morgan fingerprint density at radius 3 is 2.44 bits per heavy atom. The topological polar surface area (TPSA) is 120 Å². The second-order valence-electron chi connectivity index (χ2n) is 5.30. The largest absolute Gasteiger partial charge is 0.493 e. The van der Waals surface area contributed by atoms with Crippen molar-refractivity contribution < 1.29 is 23.9 Å². The standard InChI is InChI=1S/C17H15N3O5/c1-24-12-4-3-8(5-13(12)25-2)15(21)19-11-7-9(18)6-10-14(11)17(23)20-16(10)22/h3-7H,18H2,1-2H3,(H,19,21)(H,20,22,23). The van der Waals surface area contributed by atoms with Gasteiger partial charge in [-0.1, -0.05) is 0 Å². The third-order valence-electron chi connectivity index (χ3n) is 3.75. The number of ether oxygens (including phenoxy) is 2. The first kappa shape index (κ1) is 16.3. The highest BCUT2D eigenvalue weighted by molar-refractivity contribution is 6.25. The molecule has 0 spiro atoms. The fourth-order valence-electron chi connectivity index (χ4n) is 2.59. The zero-order valence-electron chi connectivity index (χ0n) is 13.5. The number of carbonyl (C=O) groups is 3. The molecule has 3 rings (SSSR count). The summed E-state index contributed by atoms with van der Waals surface area (Å²) in [5.74, 6) is -0.743. The Morgan fingerprint density at radius 1 is 1.04 bits per heavy atom. The Bertz CT molecular complexity index is 907. The van der Waals surface area contributed by atoms with Crippen LogP contribution in [0.3, 0.4) is 0 Å². The van der Waals surface area contributed by atoms with E-state index < -0.39 is 17.7 Å². The van der Waals surface area contributed by atoms with Gasteiger partial charge in [0.2, 0.25) is 0 Å². The van der Waals surface area contributed by atoms with Crippen LogP contribution in [0.1, 0.15) is 31.1 Å². The molecule has 25 heavy (non-hydrogen) atoms. The van der Waals surface area contributed by atoms with E-state index in [1.54, 1.807) is 12.1 Å². The minimum absolute atomic E-state index is 0.0908. The minimum atomic E-state index is -0.581. The maximum atomic E-state index is 12.5. The zero-order valence-corrected chi connectivity index (χ0v) is 13.5. The maximum Gasteiger partial charge on any atom is 0.261 e. The van der Waals surface area contributed by atoms with Crippen LogP contribution in [0.15, 0.2) is 30.3 Å². The van der Waals surface area contributed by atoms with E-state index in [2.05, 4.69) is 10.6 Å². The van der Waals surface area contributed by atoms with E-state index in [0.717, 1.165) is 0 Å². The normalized spacial score (nSPS) is 12.4. The molecule has 4 N–H and O–H groups in total. The van der Waals surface area contributed by atoms with Crippen molar-refractivity contribution in [3.8, 4) is 11.5 Å². The smallest absolute Gasteiger partial charge is 0.261 e. The SMILES string of the molecule is COc1ccc(C(=O)Nc2cc(N)cc3c2C(=O)NC3=O)cc1OC. The molecule has 0 saturated carbocycles. The number of rotatable bonds is 4. The van der Waals surface area contributed by atoms with Gasteiger partial charge in [0.1, 0.15) is 0 Å². The van der Waals surface area contributed by atoms with Crippen molar-refractivity contribution >= 4 is 29.1 Å². The molecule has 0 fully saturated rings. The second-order valence-corrected chi connectivity index (χ2v) is 5.30. The van der Waals surface area contributed by atoms with E-state index in [1.807, 2.05) is 0 Å². The number of amides is 3. The molecule has 128 valence electrons. The van der Waals surface area contributed by atoms with Gasteiger partial charge in [-0.05, 0) is 30.3 Å². The molecule has 8 heteroatoms. The van der Waals surface area contributed by atoms with Crippen molar-refractivity contribution in [1.82, 2.24) is 5.32 Å². The van der Waals surface area contributed by atoms with Gasteiger partial charge in [0.15, 0.2) is 11.5 Å². The zero-order chi connectivity index (χ0) is 18.1. The predicted octanol–water partition coefficient (Wildman–Crippen LogP) is 1.42. The summed E-state index contributed by atoms with van der Waals surface area (Å²) in [5.41, 5.74) is 6.69. The summed E-state index contributed by atoms with van der Waals surface area (Å²) in [6, 6.07) is 7.46. The number of methoxy groups -OCH3 is 2. The van der Waals surface area contributed by atoms with Crippen LogP contribution in [-0.2, 0) is 0 Å². The van der Waals surface area contributed by atoms with Crippen molar-refractivity contribution in [3.05, 3.63) is 47.0 Å². The van der Waals surface area contributed by atoms with E-state index in [1.165, 1.54) is 32.4 Å². The molecule has 0 bridgehead atoms. The average molecular weight is 341 g/mol. The minimum Gasteiger partial charge on any atom is -0.493 e. The van der Waals surface area contributed by atoms with Gasteiger partial charge < -0.3 is 20.5 Å². The Hall–Kier alpha value is -3.55. The van der Waals surface area contributed by atoms with Crippen molar-refractivity contribution in [2.24, 2.45) is 0 Å². The van der Waals surface area contributed by atoms with Crippen LogP contribution in [0.4, 0.5) is 11.4 Å². The van der Waals surface area contributed by atoms with Crippen molar-refractivity contribution in [2.45, 2.75) is 0 Å². The monoisotopic (exact) mass is 341 g/mol. The number of fused-ring (bicyclic) bond motifs is 1. The fraction of sp³-hybridized carbons (Fsp3) is 0.118. The summed E-state index contributed by atoms with van der Waals surface area (Å²) in [6.07, 6.45) is 0. The predicted molar refractivity (Wildman–Crippen MR) is 90.2 cm³/mol. The number of nitrogens with two attached hydrogens (primary N) is 1. The lowest BCUT2D eigenvalue weighted by atomic mass is 10.1. The molecule has 2 aromatic rings. The van der Waals surface area contributed by atoms with Crippen molar-refractivity contribution in [3.63, 3.8) is 0 Å². The molecule has 0 radical (unpaired) electrons. The van der Waals surface area contributed by atoms with E-state index >= 15 is 0 Å². The first-order valence-corrected chi connectivity index (χ1v) is 7.27. The number of benzene rings is 2. The average Bonchev–Trinajstić information content (AvgIpc) is 2.88. The quantitative estimate of drug-likeness (QED) is 0.571. The maximum absolute atomic E-state index is 12.5. The summed E-state index contributed by atoms with van der Waals surface area (Å²) in [5, 5.41) is 4.79. The van der Waals surface area contributed by atoms with Gasteiger partial charge in [0, 0.05) is 11.3 Å². The van der Waals surface area contributed by atoms with Crippen LogP contribution in [0.25, 0.3) is 0 Å². The summed E-state index contributed by atoms with van der Waals surface area (Å²) in [4.78, 5) is 36.2. The first-order chi connectivity index (χ1) is 11.9. The number of hydrogen-bond donors (Lipinski definition) is 3. The molecule has 1 aliphatic rings. The molecule has 8 nitrogen and oxygen atoms in total. The summed E-state index contributed by atoms with van der Waals surface area (Å²) in [7, 11) is 2.95. The molecule has 0 saturated heterocycles. The number of nitrogens with one attached hydrogen (secondary N) is 2. The molecule has 0 aromatic heterocycles. The van der Waals surface area contributed by atoms with E-state index in [-0.39, 0.29) is 22.5 Å². The molecular formula is C17H15N3O5.